The molecule has 0 fully saturated rings. The smallest absolute Gasteiger partial charge is 0.327 e. The van der Waals surface area contributed by atoms with Gasteiger partial charge < -0.3 is 14.6 Å². The van der Waals surface area contributed by atoms with Gasteiger partial charge in [-0.1, -0.05) is 44.6 Å². The lowest BCUT2D eigenvalue weighted by Gasteiger charge is -2.12. The number of hydrogen-bond acceptors (Lipinski definition) is 3. The normalized spacial score (nSPS) is 11.6. The summed E-state index contributed by atoms with van der Waals surface area (Å²) in [6.07, 6.45) is 14.6. The third-order valence-electron chi connectivity index (χ3n) is 3.35. The Hall–Kier alpha value is -0.870. The molecule has 0 bridgehead atoms. The van der Waals surface area contributed by atoms with Crippen molar-refractivity contribution in [2.45, 2.75) is 70.5 Å². The van der Waals surface area contributed by atoms with Crippen LogP contribution < -0.4 is 0 Å². The van der Waals surface area contributed by atoms with Crippen molar-refractivity contribution in [2.24, 2.45) is 0 Å². The Morgan fingerprint density at radius 2 is 1.45 bits per heavy atom. The Bertz CT molecular complexity index is 247. The lowest BCUT2D eigenvalue weighted by Crippen LogP contribution is -2.12. The molecule has 0 aliphatic carbocycles. The van der Waals surface area contributed by atoms with E-state index < -0.39 is 5.97 Å². The summed E-state index contributed by atoms with van der Waals surface area (Å²) < 4.78 is 10.3. The van der Waals surface area contributed by atoms with Crippen molar-refractivity contribution in [1.29, 1.82) is 0 Å². The first-order chi connectivity index (χ1) is 9.70. The molecule has 0 atom stereocenters. The average molecular weight is 286 g/mol. The molecule has 0 aromatic rings. The SMILES string of the molecule is COC(CCCCCCCCCC/C=C/C(=O)O)OC. The Labute approximate surface area is 123 Å². The van der Waals surface area contributed by atoms with Crippen LogP contribution in [0.25, 0.3) is 0 Å². The van der Waals surface area contributed by atoms with E-state index in [9.17, 15) is 4.79 Å². The van der Waals surface area contributed by atoms with Gasteiger partial charge in [-0.05, 0) is 25.7 Å². The van der Waals surface area contributed by atoms with Crippen molar-refractivity contribution in [3.05, 3.63) is 12.2 Å². The Balaban J connectivity index is 3.15. The number of unbranched alkanes of at least 4 members (excludes halogenated alkanes) is 8. The number of rotatable bonds is 14. The van der Waals surface area contributed by atoms with Crippen molar-refractivity contribution in [3.63, 3.8) is 0 Å². The van der Waals surface area contributed by atoms with E-state index in [1.54, 1.807) is 20.3 Å². The van der Waals surface area contributed by atoms with Gasteiger partial charge in [0.2, 0.25) is 0 Å². The molecule has 0 aromatic heterocycles. The first-order valence-corrected chi connectivity index (χ1v) is 7.65. The van der Waals surface area contributed by atoms with E-state index in [-0.39, 0.29) is 6.29 Å². The molecule has 0 radical (unpaired) electrons. The van der Waals surface area contributed by atoms with Gasteiger partial charge >= 0.3 is 5.97 Å². The number of allylic oxidation sites excluding steroid dienone is 1. The predicted octanol–water partition coefficient (Wildman–Crippen LogP) is 4.15. The van der Waals surface area contributed by atoms with Crippen LogP contribution in [0.2, 0.25) is 0 Å². The second-order valence-corrected chi connectivity index (χ2v) is 5.05. The minimum absolute atomic E-state index is 0.0474. The molecule has 0 aliphatic rings. The largest absolute Gasteiger partial charge is 0.478 e. The predicted molar refractivity (Wildman–Crippen MR) is 80.8 cm³/mol. The maximum Gasteiger partial charge on any atom is 0.327 e. The fraction of sp³-hybridized carbons (Fsp3) is 0.812. The number of carbonyl (C=O) groups is 1. The summed E-state index contributed by atoms with van der Waals surface area (Å²) in [5.41, 5.74) is 0. The lowest BCUT2D eigenvalue weighted by molar-refractivity contribution is -0.131. The molecular formula is C16H30O4. The molecule has 0 unspecified atom stereocenters. The van der Waals surface area contributed by atoms with E-state index >= 15 is 0 Å². The molecule has 0 aliphatic heterocycles. The van der Waals surface area contributed by atoms with Gasteiger partial charge in [-0.2, -0.15) is 0 Å². The molecule has 0 saturated carbocycles. The zero-order valence-corrected chi connectivity index (χ0v) is 13.0. The molecule has 0 amide bonds. The van der Waals surface area contributed by atoms with E-state index in [1.165, 1.54) is 44.6 Å². The van der Waals surface area contributed by atoms with E-state index in [4.69, 9.17) is 14.6 Å². The molecule has 4 nitrogen and oxygen atoms in total. The molecule has 0 spiro atoms. The third kappa shape index (κ3) is 13.6. The van der Waals surface area contributed by atoms with Gasteiger partial charge in [-0.25, -0.2) is 4.79 Å². The van der Waals surface area contributed by atoms with E-state index in [2.05, 4.69) is 0 Å². The fourth-order valence-electron chi connectivity index (χ4n) is 2.15. The molecule has 0 aromatic carbocycles. The molecule has 0 rings (SSSR count). The highest BCUT2D eigenvalue weighted by Crippen LogP contribution is 2.12. The standard InChI is InChI=1S/C16H30O4/c1-19-16(20-2)14-12-10-8-6-4-3-5-7-9-11-13-15(17)18/h11,13,16H,3-10,12,14H2,1-2H3,(H,17,18)/b13-11+. The minimum Gasteiger partial charge on any atom is -0.478 e. The van der Waals surface area contributed by atoms with Crippen LogP contribution in [0.4, 0.5) is 0 Å². The summed E-state index contributed by atoms with van der Waals surface area (Å²) in [4.78, 5) is 10.2. The van der Waals surface area contributed by atoms with Crippen molar-refractivity contribution < 1.29 is 19.4 Å². The summed E-state index contributed by atoms with van der Waals surface area (Å²) in [5.74, 6) is -0.853. The van der Waals surface area contributed by atoms with Crippen LogP contribution >= 0.6 is 0 Å². The maximum absolute atomic E-state index is 10.2. The van der Waals surface area contributed by atoms with E-state index in [1.807, 2.05) is 0 Å². The molecule has 4 heteroatoms. The van der Waals surface area contributed by atoms with Crippen LogP contribution in [0.3, 0.4) is 0 Å². The first kappa shape index (κ1) is 19.1. The van der Waals surface area contributed by atoms with Crippen molar-refractivity contribution in [3.8, 4) is 0 Å². The molecule has 20 heavy (non-hydrogen) atoms. The van der Waals surface area contributed by atoms with Crippen LogP contribution in [0, 0.1) is 0 Å². The second-order valence-electron chi connectivity index (χ2n) is 5.05. The topological polar surface area (TPSA) is 55.8 Å². The summed E-state index contributed by atoms with van der Waals surface area (Å²) in [6, 6.07) is 0. The van der Waals surface area contributed by atoms with Crippen molar-refractivity contribution in [2.75, 3.05) is 14.2 Å². The van der Waals surface area contributed by atoms with Crippen molar-refractivity contribution >= 4 is 5.97 Å². The third-order valence-corrected chi connectivity index (χ3v) is 3.35. The monoisotopic (exact) mass is 286 g/mol. The van der Waals surface area contributed by atoms with Crippen LogP contribution in [-0.4, -0.2) is 31.6 Å². The minimum atomic E-state index is -0.853. The van der Waals surface area contributed by atoms with Crippen LogP contribution in [-0.2, 0) is 14.3 Å². The first-order valence-electron chi connectivity index (χ1n) is 7.65. The Morgan fingerprint density at radius 1 is 0.950 bits per heavy atom. The number of aliphatic carboxylic acids is 1. The van der Waals surface area contributed by atoms with Crippen LogP contribution in [0.5, 0.6) is 0 Å². The van der Waals surface area contributed by atoms with E-state index in [0.717, 1.165) is 25.7 Å². The highest BCUT2D eigenvalue weighted by Gasteiger charge is 2.03. The summed E-state index contributed by atoms with van der Waals surface area (Å²) >= 11 is 0. The molecule has 0 heterocycles. The number of hydrogen-bond donors (Lipinski definition) is 1. The van der Waals surface area contributed by atoms with Gasteiger partial charge in [-0.15, -0.1) is 0 Å². The second kappa shape index (κ2) is 14.5. The summed E-state index contributed by atoms with van der Waals surface area (Å²) in [7, 11) is 3.36. The zero-order valence-electron chi connectivity index (χ0n) is 13.0. The quantitative estimate of drug-likeness (QED) is 0.296. The molecule has 0 saturated heterocycles. The van der Waals surface area contributed by atoms with Gasteiger partial charge in [0.15, 0.2) is 6.29 Å². The highest BCUT2D eigenvalue weighted by atomic mass is 16.7. The molecule has 1 N–H and O–H groups in total. The number of ether oxygens (including phenoxy) is 2. The van der Waals surface area contributed by atoms with Gasteiger partial charge in [0.1, 0.15) is 0 Å². The zero-order chi connectivity index (χ0) is 15.1. The Morgan fingerprint density at radius 3 is 1.95 bits per heavy atom. The Kier molecular flexibility index (Phi) is 13.9. The number of carboxylic acid groups (broad SMARTS) is 1. The molecule has 118 valence electrons. The van der Waals surface area contributed by atoms with Gasteiger partial charge in [0, 0.05) is 20.3 Å². The van der Waals surface area contributed by atoms with Gasteiger partial charge in [0.25, 0.3) is 0 Å². The highest BCUT2D eigenvalue weighted by molar-refractivity contribution is 5.79. The van der Waals surface area contributed by atoms with Crippen LogP contribution in [0.1, 0.15) is 64.2 Å². The summed E-state index contributed by atoms with van der Waals surface area (Å²) in [5, 5.41) is 8.42. The number of methoxy groups -OCH3 is 2. The average Bonchev–Trinajstić information content (AvgIpc) is 2.44. The maximum atomic E-state index is 10.2. The van der Waals surface area contributed by atoms with Gasteiger partial charge in [0.05, 0.1) is 0 Å². The lowest BCUT2D eigenvalue weighted by atomic mass is 10.1. The molecular weight excluding hydrogens is 256 g/mol. The fourth-order valence-corrected chi connectivity index (χ4v) is 2.15. The van der Waals surface area contributed by atoms with Gasteiger partial charge in [-0.3, -0.25) is 0 Å². The summed E-state index contributed by atoms with van der Waals surface area (Å²) in [6.45, 7) is 0. The van der Waals surface area contributed by atoms with Crippen LogP contribution in [0.15, 0.2) is 12.2 Å². The van der Waals surface area contributed by atoms with Crippen molar-refractivity contribution in [1.82, 2.24) is 0 Å². The number of carboxylic acids is 1. The van der Waals surface area contributed by atoms with E-state index in [0.29, 0.717) is 0 Å².